The van der Waals surface area contributed by atoms with Crippen LogP contribution in [0.2, 0.25) is 0 Å². The summed E-state index contributed by atoms with van der Waals surface area (Å²) in [7, 11) is -0.0847. The van der Waals surface area contributed by atoms with Gasteiger partial charge in [-0.05, 0) is 38.2 Å². The number of rotatable bonds is 0. The molecule has 2 aromatic rings. The van der Waals surface area contributed by atoms with Gasteiger partial charge in [0.25, 0.3) is 9.03 Å². The Balaban J connectivity index is 2.55. The zero-order valence-electron chi connectivity index (χ0n) is 25.7. The molecule has 0 atom stereocenters. The SMILES string of the molecule is CC(C)(C)c1cc2c(c(C(C)(C)C)c1)OPOc1c(cc(C(C)(C)C)cc1C(C)(C)C)C2C(C)(C)C. The number of benzene rings is 2. The first-order valence-electron chi connectivity index (χ1n) is 13.5. The van der Waals surface area contributed by atoms with Gasteiger partial charge >= 0.3 is 0 Å². The molecule has 1 heterocycles. The van der Waals surface area contributed by atoms with E-state index in [0.717, 1.165) is 11.5 Å². The van der Waals surface area contributed by atoms with Gasteiger partial charge in [0.2, 0.25) is 0 Å². The Bertz CT molecular complexity index is 1040. The van der Waals surface area contributed by atoms with Gasteiger partial charge in [-0.25, -0.2) is 0 Å². The molecule has 200 valence electrons. The van der Waals surface area contributed by atoms with E-state index < -0.39 is 0 Å². The summed E-state index contributed by atoms with van der Waals surface area (Å²) in [5.74, 6) is 2.15. The Morgan fingerprint density at radius 1 is 0.500 bits per heavy atom. The smallest absolute Gasteiger partial charge is 0.275 e. The van der Waals surface area contributed by atoms with Crippen LogP contribution in [-0.2, 0) is 21.7 Å². The summed E-state index contributed by atoms with van der Waals surface area (Å²) in [6, 6.07) is 9.61. The Kier molecular flexibility index (Phi) is 7.29. The topological polar surface area (TPSA) is 18.5 Å². The number of hydrogen-bond donors (Lipinski definition) is 0. The van der Waals surface area contributed by atoms with Crippen LogP contribution in [-0.4, -0.2) is 0 Å². The molecule has 3 heteroatoms. The Morgan fingerprint density at radius 3 is 1.08 bits per heavy atom. The second-order valence-electron chi connectivity index (χ2n) is 16.0. The summed E-state index contributed by atoms with van der Waals surface area (Å²) in [6.07, 6.45) is 0. The van der Waals surface area contributed by atoms with Gasteiger partial charge in [-0.2, -0.15) is 0 Å². The summed E-state index contributed by atoms with van der Waals surface area (Å²) in [5.41, 5.74) is 7.75. The lowest BCUT2D eigenvalue weighted by Crippen LogP contribution is -2.27. The fraction of sp³-hybridized carbons (Fsp3) is 0.636. The van der Waals surface area contributed by atoms with Crippen LogP contribution in [0, 0.1) is 5.41 Å². The second-order valence-corrected chi connectivity index (χ2v) is 16.5. The molecule has 0 aromatic heterocycles. The van der Waals surface area contributed by atoms with Crippen LogP contribution < -0.4 is 9.05 Å². The average molecular weight is 511 g/mol. The summed E-state index contributed by atoms with van der Waals surface area (Å²) in [5, 5.41) is 0. The van der Waals surface area contributed by atoms with Crippen molar-refractivity contribution in [2.75, 3.05) is 0 Å². The largest absolute Gasteiger partial charge is 0.440 e. The van der Waals surface area contributed by atoms with Crippen LogP contribution >= 0.6 is 9.03 Å². The number of fused-ring (bicyclic) bond motifs is 2. The fourth-order valence-corrected chi connectivity index (χ4v) is 5.81. The van der Waals surface area contributed by atoms with E-state index >= 15 is 0 Å². The van der Waals surface area contributed by atoms with Gasteiger partial charge in [-0.15, -0.1) is 0 Å². The van der Waals surface area contributed by atoms with Crippen LogP contribution in [0.5, 0.6) is 11.5 Å². The molecule has 0 N–H and O–H groups in total. The van der Waals surface area contributed by atoms with Crippen molar-refractivity contribution < 1.29 is 9.05 Å². The van der Waals surface area contributed by atoms with Gasteiger partial charge < -0.3 is 9.05 Å². The van der Waals surface area contributed by atoms with Crippen molar-refractivity contribution in [1.82, 2.24) is 0 Å². The minimum atomic E-state index is -0.0847. The minimum Gasteiger partial charge on any atom is -0.440 e. The van der Waals surface area contributed by atoms with Crippen molar-refractivity contribution in [3.63, 3.8) is 0 Å². The maximum absolute atomic E-state index is 6.61. The predicted molar refractivity (Wildman–Crippen MR) is 159 cm³/mol. The molecular weight excluding hydrogens is 459 g/mol. The molecule has 0 unspecified atom stereocenters. The van der Waals surface area contributed by atoms with E-state index in [1.807, 2.05) is 0 Å². The molecule has 1 aliphatic heterocycles. The second kappa shape index (κ2) is 9.04. The number of hydrogen-bond acceptors (Lipinski definition) is 2. The highest BCUT2D eigenvalue weighted by atomic mass is 31.1. The van der Waals surface area contributed by atoms with Crippen molar-refractivity contribution in [2.45, 2.75) is 131 Å². The summed E-state index contributed by atoms with van der Waals surface area (Å²) in [4.78, 5) is 0. The van der Waals surface area contributed by atoms with Gasteiger partial charge in [-0.1, -0.05) is 128 Å². The van der Waals surface area contributed by atoms with Crippen LogP contribution in [0.4, 0.5) is 0 Å². The third-order valence-electron chi connectivity index (χ3n) is 7.36. The van der Waals surface area contributed by atoms with Crippen LogP contribution in [0.1, 0.15) is 143 Å². The molecule has 0 saturated heterocycles. The molecule has 0 fully saturated rings. The van der Waals surface area contributed by atoms with Gasteiger partial charge in [0.1, 0.15) is 11.5 Å². The maximum Gasteiger partial charge on any atom is 0.275 e. The fourth-order valence-electron chi connectivity index (χ4n) is 5.14. The third-order valence-corrected chi connectivity index (χ3v) is 7.93. The van der Waals surface area contributed by atoms with Gasteiger partial charge in [0.05, 0.1) is 0 Å². The molecule has 36 heavy (non-hydrogen) atoms. The van der Waals surface area contributed by atoms with Crippen molar-refractivity contribution in [1.29, 1.82) is 0 Å². The van der Waals surface area contributed by atoms with Gasteiger partial charge in [0, 0.05) is 28.2 Å². The molecular formula is C33H51O2P. The lowest BCUT2D eigenvalue weighted by molar-refractivity contribution is 0.338. The molecule has 3 rings (SSSR count). The maximum atomic E-state index is 6.61. The zero-order chi connectivity index (χ0) is 27.6. The lowest BCUT2D eigenvalue weighted by atomic mass is 9.67. The van der Waals surface area contributed by atoms with Crippen molar-refractivity contribution in [3.05, 3.63) is 57.6 Å². The highest BCUT2D eigenvalue weighted by Crippen LogP contribution is 2.55. The molecule has 2 nitrogen and oxygen atoms in total. The summed E-state index contributed by atoms with van der Waals surface area (Å²) in [6.45, 7) is 34.7. The standard InChI is InChI=1S/C33H51O2P/c1-29(2,3)20-16-22-26(33(13,14)15)23-17-21(30(4,5)6)19-25(32(10,11)12)28(23)35-36-34-27(22)24(18-20)31(7,8)9/h16-19,26,36H,1-15H3. The Labute approximate surface area is 223 Å². The molecule has 0 spiro atoms. The first-order valence-corrected chi connectivity index (χ1v) is 14.3. The zero-order valence-corrected chi connectivity index (χ0v) is 26.7. The highest BCUT2D eigenvalue weighted by Gasteiger charge is 2.40. The van der Waals surface area contributed by atoms with E-state index in [1.54, 1.807) is 0 Å². The molecule has 0 radical (unpaired) electrons. The molecule has 1 aliphatic rings. The third kappa shape index (κ3) is 5.80. The average Bonchev–Trinajstić information content (AvgIpc) is 2.62. The molecule has 0 bridgehead atoms. The highest BCUT2D eigenvalue weighted by molar-refractivity contribution is 7.27. The molecule has 0 aliphatic carbocycles. The van der Waals surface area contributed by atoms with Gasteiger partial charge in [0.15, 0.2) is 0 Å². The Hall–Kier alpha value is -1.53. The van der Waals surface area contributed by atoms with Crippen LogP contribution in [0.15, 0.2) is 24.3 Å². The van der Waals surface area contributed by atoms with Crippen molar-refractivity contribution >= 4 is 9.03 Å². The van der Waals surface area contributed by atoms with E-state index in [0.29, 0.717) is 0 Å². The lowest BCUT2D eigenvalue weighted by Gasteiger charge is -2.40. The van der Waals surface area contributed by atoms with E-state index in [4.69, 9.17) is 9.05 Å². The minimum absolute atomic E-state index is 0.0330. The summed E-state index contributed by atoms with van der Waals surface area (Å²) < 4.78 is 13.2. The molecule has 0 saturated carbocycles. The van der Waals surface area contributed by atoms with E-state index in [9.17, 15) is 0 Å². The summed E-state index contributed by atoms with van der Waals surface area (Å²) >= 11 is 0. The van der Waals surface area contributed by atoms with E-state index in [-0.39, 0.29) is 42.0 Å². The first kappa shape index (κ1) is 29.0. The first-order chi connectivity index (χ1) is 16.0. The van der Waals surface area contributed by atoms with Crippen LogP contribution in [0.3, 0.4) is 0 Å². The molecule has 2 aromatic carbocycles. The monoisotopic (exact) mass is 510 g/mol. The van der Waals surface area contributed by atoms with Crippen molar-refractivity contribution in [2.24, 2.45) is 5.41 Å². The van der Waals surface area contributed by atoms with Gasteiger partial charge in [-0.3, -0.25) is 0 Å². The van der Waals surface area contributed by atoms with Crippen molar-refractivity contribution in [3.8, 4) is 11.5 Å². The van der Waals surface area contributed by atoms with E-state index in [1.165, 1.54) is 33.4 Å². The van der Waals surface area contributed by atoms with E-state index in [2.05, 4.69) is 128 Å². The Morgan fingerprint density at radius 2 is 0.833 bits per heavy atom. The normalized spacial score (nSPS) is 18.0. The quantitative estimate of drug-likeness (QED) is 0.328. The molecule has 0 amide bonds. The van der Waals surface area contributed by atoms with Crippen LogP contribution in [0.25, 0.3) is 0 Å². The predicted octanol–water partition coefficient (Wildman–Crippen LogP) is 10.3.